The minimum absolute atomic E-state index is 0.130. The van der Waals surface area contributed by atoms with Gasteiger partial charge in [-0.15, -0.1) is 0 Å². The van der Waals surface area contributed by atoms with Crippen LogP contribution >= 0.6 is 0 Å². The Morgan fingerprint density at radius 1 is 1.10 bits per heavy atom. The summed E-state index contributed by atoms with van der Waals surface area (Å²) in [6, 6.07) is 4.26. The second kappa shape index (κ2) is 13.6. The number of hydrogen-bond donors (Lipinski definition) is 2. The third kappa shape index (κ3) is 7.36. The van der Waals surface area contributed by atoms with Crippen molar-refractivity contribution >= 4 is 23.4 Å². The molecule has 1 unspecified atom stereocenters. The van der Waals surface area contributed by atoms with Gasteiger partial charge in [0.15, 0.2) is 0 Å². The largest absolute Gasteiger partial charge is 0.339 e. The van der Waals surface area contributed by atoms with Crippen LogP contribution in [0.1, 0.15) is 74.3 Å². The van der Waals surface area contributed by atoms with E-state index >= 15 is 4.39 Å². The Morgan fingerprint density at radius 3 is 2.36 bits per heavy atom. The van der Waals surface area contributed by atoms with Crippen molar-refractivity contribution in [3.05, 3.63) is 47.5 Å². The molecule has 1 aromatic carbocycles. The molecule has 2 aromatic rings. The zero-order valence-corrected chi connectivity index (χ0v) is 22.3. The average Bonchev–Trinajstić information content (AvgIpc) is 3.25. The third-order valence-corrected chi connectivity index (χ3v) is 7.24. The van der Waals surface area contributed by atoms with Crippen molar-refractivity contribution < 1.29 is 31.9 Å². The highest BCUT2D eigenvalue weighted by Crippen LogP contribution is 2.28. The standard InChI is InChI=1S/C27H35F4N5O3/c1-4-36-21(13-14-32-36)25(37)34-22(17-9-7-5-6-8-10-17)26(38)33-20-12-11-18(15-19(20)28)16(2)27(39)35(3)24(31)23(29)30/h11-17,22-24H,4-10H2,1-3H3,(H,33,38)(H,34,37)/t16-,22+,24?/m1/s1. The highest BCUT2D eigenvalue weighted by Gasteiger charge is 2.33. The van der Waals surface area contributed by atoms with Crippen LogP contribution in [0.3, 0.4) is 0 Å². The molecule has 0 bridgehead atoms. The number of anilines is 1. The molecule has 0 radical (unpaired) electrons. The summed E-state index contributed by atoms with van der Waals surface area (Å²) in [5, 5.41) is 9.48. The van der Waals surface area contributed by atoms with Gasteiger partial charge < -0.3 is 15.5 Å². The van der Waals surface area contributed by atoms with Crippen molar-refractivity contribution in [1.29, 1.82) is 0 Å². The lowest BCUT2D eigenvalue weighted by atomic mass is 9.90. The second-order valence-corrected chi connectivity index (χ2v) is 9.84. The Morgan fingerprint density at radius 2 is 1.77 bits per heavy atom. The highest BCUT2D eigenvalue weighted by molar-refractivity contribution is 6.00. The molecule has 1 fully saturated rings. The van der Waals surface area contributed by atoms with Crippen molar-refractivity contribution in [2.75, 3.05) is 12.4 Å². The number of benzene rings is 1. The van der Waals surface area contributed by atoms with E-state index in [0.717, 1.165) is 51.6 Å². The fourth-order valence-electron chi connectivity index (χ4n) is 4.89. The predicted molar refractivity (Wildman–Crippen MR) is 137 cm³/mol. The minimum atomic E-state index is -3.37. The van der Waals surface area contributed by atoms with Crippen LogP contribution < -0.4 is 10.6 Å². The molecule has 0 saturated heterocycles. The monoisotopic (exact) mass is 553 g/mol. The van der Waals surface area contributed by atoms with Gasteiger partial charge in [0.1, 0.15) is 17.6 Å². The zero-order chi connectivity index (χ0) is 28.7. The van der Waals surface area contributed by atoms with Crippen molar-refractivity contribution in [3.63, 3.8) is 0 Å². The van der Waals surface area contributed by atoms with E-state index in [1.54, 1.807) is 6.07 Å². The quantitative estimate of drug-likeness (QED) is 0.249. The van der Waals surface area contributed by atoms with Gasteiger partial charge in [-0.05, 0) is 56.4 Å². The molecule has 0 aliphatic heterocycles. The van der Waals surface area contributed by atoms with Crippen molar-refractivity contribution in [3.8, 4) is 0 Å². The maximum absolute atomic E-state index is 15.0. The van der Waals surface area contributed by atoms with Crippen LogP contribution in [0.2, 0.25) is 0 Å². The molecule has 39 heavy (non-hydrogen) atoms. The summed E-state index contributed by atoms with van der Waals surface area (Å²) in [6.45, 7) is 3.66. The molecule has 3 atom stereocenters. The topological polar surface area (TPSA) is 96.3 Å². The van der Waals surface area contributed by atoms with Gasteiger partial charge >= 0.3 is 0 Å². The second-order valence-electron chi connectivity index (χ2n) is 9.84. The average molecular weight is 554 g/mol. The molecule has 3 rings (SSSR count). The molecule has 3 amide bonds. The number of aryl methyl sites for hydroxylation is 1. The van der Waals surface area contributed by atoms with Crippen LogP contribution in [0.25, 0.3) is 0 Å². The first-order valence-electron chi connectivity index (χ1n) is 13.2. The third-order valence-electron chi connectivity index (χ3n) is 7.24. The number of amides is 3. The van der Waals surface area contributed by atoms with Gasteiger partial charge in [-0.2, -0.15) is 5.10 Å². The van der Waals surface area contributed by atoms with Crippen LogP contribution in [0.4, 0.5) is 23.2 Å². The molecule has 1 aliphatic carbocycles. The molecule has 1 aromatic heterocycles. The van der Waals surface area contributed by atoms with E-state index in [1.807, 2.05) is 6.92 Å². The van der Waals surface area contributed by atoms with Crippen LogP contribution in [0.5, 0.6) is 0 Å². The lowest BCUT2D eigenvalue weighted by molar-refractivity contribution is -0.143. The number of hydrogen-bond acceptors (Lipinski definition) is 4. The molecule has 8 nitrogen and oxygen atoms in total. The van der Waals surface area contributed by atoms with E-state index in [4.69, 9.17) is 0 Å². The summed E-state index contributed by atoms with van der Waals surface area (Å²) in [5.74, 6) is -4.09. The number of carbonyl (C=O) groups excluding carboxylic acids is 3. The van der Waals surface area contributed by atoms with Gasteiger partial charge in [0.25, 0.3) is 12.3 Å². The number of carbonyl (C=O) groups is 3. The van der Waals surface area contributed by atoms with E-state index in [2.05, 4.69) is 15.7 Å². The SMILES string of the molecule is CCn1nccc1C(=O)N[C@H](C(=O)Nc1ccc([C@@H](C)C(=O)N(C)C(F)C(F)F)cc1F)C1CCCCCC1. The van der Waals surface area contributed by atoms with E-state index in [1.165, 1.54) is 29.9 Å². The van der Waals surface area contributed by atoms with Crippen molar-refractivity contribution in [1.82, 2.24) is 20.0 Å². The van der Waals surface area contributed by atoms with Gasteiger partial charge in [0.05, 0.1) is 11.6 Å². The summed E-state index contributed by atoms with van der Waals surface area (Å²) in [7, 11) is 0.913. The summed E-state index contributed by atoms with van der Waals surface area (Å²) in [5.41, 5.74) is 0.273. The van der Waals surface area contributed by atoms with E-state index in [-0.39, 0.29) is 22.1 Å². The molecule has 1 heterocycles. The van der Waals surface area contributed by atoms with E-state index < -0.39 is 48.2 Å². The van der Waals surface area contributed by atoms with Gasteiger partial charge in [-0.25, -0.2) is 17.6 Å². The molecule has 2 N–H and O–H groups in total. The lowest BCUT2D eigenvalue weighted by Gasteiger charge is -2.27. The first-order valence-corrected chi connectivity index (χ1v) is 13.2. The molecule has 214 valence electrons. The van der Waals surface area contributed by atoms with Gasteiger partial charge in [0.2, 0.25) is 18.1 Å². The number of alkyl halides is 3. The minimum Gasteiger partial charge on any atom is -0.339 e. The summed E-state index contributed by atoms with van der Waals surface area (Å²) in [4.78, 5) is 39.1. The Bertz CT molecular complexity index is 1150. The smallest absolute Gasteiger partial charge is 0.287 e. The lowest BCUT2D eigenvalue weighted by Crippen LogP contribution is -2.49. The maximum atomic E-state index is 15.0. The zero-order valence-electron chi connectivity index (χ0n) is 22.3. The predicted octanol–water partition coefficient (Wildman–Crippen LogP) is 4.87. The first-order chi connectivity index (χ1) is 18.5. The molecule has 1 aliphatic rings. The fraction of sp³-hybridized carbons (Fsp3) is 0.556. The molecule has 0 spiro atoms. The number of likely N-dealkylation sites (N-methyl/N-ethyl adjacent to an activating group) is 1. The van der Waals surface area contributed by atoms with Crippen LogP contribution in [0, 0.1) is 11.7 Å². The summed E-state index contributed by atoms with van der Waals surface area (Å²) < 4.78 is 55.5. The fourth-order valence-corrected chi connectivity index (χ4v) is 4.89. The number of halogens is 4. The number of aromatic nitrogens is 2. The normalized spacial score (nSPS) is 16.7. The van der Waals surface area contributed by atoms with Gasteiger partial charge in [0, 0.05) is 19.8 Å². The number of nitrogens with zero attached hydrogens (tertiary/aromatic N) is 3. The molecular weight excluding hydrogens is 518 g/mol. The van der Waals surface area contributed by atoms with Gasteiger partial charge in [-0.1, -0.05) is 31.7 Å². The van der Waals surface area contributed by atoms with E-state index in [9.17, 15) is 27.6 Å². The maximum Gasteiger partial charge on any atom is 0.287 e. The Labute approximate surface area is 225 Å². The highest BCUT2D eigenvalue weighted by atomic mass is 19.3. The molecular formula is C27H35F4N5O3. The summed E-state index contributed by atoms with van der Waals surface area (Å²) in [6.07, 6.45) is 0.690. The number of rotatable bonds is 10. The Kier molecular flexibility index (Phi) is 10.5. The van der Waals surface area contributed by atoms with Crippen molar-refractivity contribution in [2.45, 2.75) is 83.6 Å². The first kappa shape index (κ1) is 30.1. The Hall–Kier alpha value is -3.44. The molecule has 1 saturated carbocycles. The van der Waals surface area contributed by atoms with Gasteiger partial charge in [-0.3, -0.25) is 19.1 Å². The van der Waals surface area contributed by atoms with Crippen LogP contribution in [0.15, 0.2) is 30.5 Å². The number of nitrogens with one attached hydrogen (secondary N) is 2. The van der Waals surface area contributed by atoms with Crippen molar-refractivity contribution in [2.24, 2.45) is 5.92 Å². The van der Waals surface area contributed by atoms with Crippen LogP contribution in [-0.4, -0.2) is 58.2 Å². The Balaban J connectivity index is 1.78. The van der Waals surface area contributed by atoms with Crippen LogP contribution in [-0.2, 0) is 16.1 Å². The molecule has 12 heteroatoms. The van der Waals surface area contributed by atoms with E-state index in [0.29, 0.717) is 12.2 Å². The summed E-state index contributed by atoms with van der Waals surface area (Å²) >= 11 is 0.